The molecule has 0 saturated heterocycles. The summed E-state index contributed by atoms with van der Waals surface area (Å²) in [6.07, 6.45) is 0. The van der Waals surface area contributed by atoms with E-state index in [0.29, 0.717) is 16.0 Å². The van der Waals surface area contributed by atoms with Gasteiger partial charge in [0.1, 0.15) is 0 Å². The molecular formula is C24H21ClN4OS. The summed E-state index contributed by atoms with van der Waals surface area (Å²) in [5, 5.41) is 13.0. The third kappa shape index (κ3) is 4.65. The molecule has 156 valence electrons. The summed E-state index contributed by atoms with van der Waals surface area (Å²) in [4.78, 5) is 12.7. The largest absolute Gasteiger partial charge is 0.325 e. The Bertz CT molecular complexity index is 1200. The van der Waals surface area contributed by atoms with Gasteiger partial charge in [-0.2, -0.15) is 0 Å². The molecule has 1 amide bonds. The van der Waals surface area contributed by atoms with Crippen LogP contribution in [0.2, 0.25) is 5.02 Å². The summed E-state index contributed by atoms with van der Waals surface area (Å²) in [5.41, 5.74) is 4.61. The van der Waals surface area contributed by atoms with E-state index in [1.807, 2.05) is 91.2 Å². The second kappa shape index (κ2) is 9.37. The SMILES string of the molecule is Cc1cccc(C)c1NC(=O)CSc1nnc(-c2ccccc2Cl)n1-c1ccccc1. The highest BCUT2D eigenvalue weighted by Gasteiger charge is 2.19. The first kappa shape index (κ1) is 21.2. The van der Waals surface area contributed by atoms with Gasteiger partial charge in [-0.05, 0) is 49.2 Å². The number of aromatic nitrogens is 3. The van der Waals surface area contributed by atoms with E-state index in [0.717, 1.165) is 28.1 Å². The van der Waals surface area contributed by atoms with Crippen molar-refractivity contribution < 1.29 is 4.79 Å². The molecule has 0 unspecified atom stereocenters. The van der Waals surface area contributed by atoms with Gasteiger partial charge in [-0.25, -0.2) is 0 Å². The summed E-state index contributed by atoms with van der Waals surface area (Å²) < 4.78 is 1.93. The number of nitrogens with one attached hydrogen (secondary N) is 1. The number of anilines is 1. The van der Waals surface area contributed by atoms with Crippen LogP contribution in [0.5, 0.6) is 0 Å². The lowest BCUT2D eigenvalue weighted by molar-refractivity contribution is -0.113. The van der Waals surface area contributed by atoms with Gasteiger partial charge < -0.3 is 5.32 Å². The van der Waals surface area contributed by atoms with Crippen LogP contribution >= 0.6 is 23.4 Å². The van der Waals surface area contributed by atoms with Gasteiger partial charge in [-0.1, -0.05) is 71.9 Å². The first-order valence-electron chi connectivity index (χ1n) is 9.79. The Balaban J connectivity index is 1.62. The summed E-state index contributed by atoms with van der Waals surface area (Å²) in [5.74, 6) is 0.750. The Morgan fingerprint density at radius 3 is 2.32 bits per heavy atom. The molecular weight excluding hydrogens is 428 g/mol. The van der Waals surface area contributed by atoms with Crippen molar-refractivity contribution in [2.75, 3.05) is 11.1 Å². The fourth-order valence-electron chi connectivity index (χ4n) is 3.31. The lowest BCUT2D eigenvalue weighted by atomic mass is 10.1. The molecule has 1 N–H and O–H groups in total. The predicted octanol–water partition coefficient (Wildman–Crippen LogP) is 5.94. The van der Waals surface area contributed by atoms with Crippen molar-refractivity contribution in [3.63, 3.8) is 0 Å². The number of benzene rings is 3. The average molecular weight is 449 g/mol. The molecule has 7 heteroatoms. The van der Waals surface area contributed by atoms with Crippen LogP contribution in [0.1, 0.15) is 11.1 Å². The Morgan fingerprint density at radius 1 is 0.935 bits per heavy atom. The maximum absolute atomic E-state index is 12.7. The van der Waals surface area contributed by atoms with E-state index in [-0.39, 0.29) is 11.7 Å². The first-order valence-corrected chi connectivity index (χ1v) is 11.2. The molecule has 3 aromatic carbocycles. The lowest BCUT2D eigenvalue weighted by Gasteiger charge is -2.12. The molecule has 4 rings (SSSR count). The minimum absolute atomic E-state index is 0.0932. The van der Waals surface area contributed by atoms with Gasteiger partial charge in [0.15, 0.2) is 11.0 Å². The van der Waals surface area contributed by atoms with Crippen LogP contribution in [0.25, 0.3) is 17.1 Å². The molecule has 0 bridgehead atoms. The van der Waals surface area contributed by atoms with Gasteiger partial charge in [-0.3, -0.25) is 9.36 Å². The quantitative estimate of drug-likeness (QED) is 0.371. The van der Waals surface area contributed by atoms with Gasteiger partial charge in [0, 0.05) is 16.9 Å². The van der Waals surface area contributed by atoms with Crippen LogP contribution < -0.4 is 5.32 Å². The zero-order valence-electron chi connectivity index (χ0n) is 17.2. The van der Waals surface area contributed by atoms with E-state index in [4.69, 9.17) is 11.6 Å². The zero-order chi connectivity index (χ0) is 21.8. The monoisotopic (exact) mass is 448 g/mol. The second-order valence-corrected chi connectivity index (χ2v) is 8.41. The maximum atomic E-state index is 12.7. The van der Waals surface area contributed by atoms with Crippen molar-refractivity contribution in [2.24, 2.45) is 0 Å². The zero-order valence-corrected chi connectivity index (χ0v) is 18.7. The molecule has 0 atom stereocenters. The Morgan fingerprint density at radius 2 is 1.61 bits per heavy atom. The van der Waals surface area contributed by atoms with Crippen LogP contribution in [0.4, 0.5) is 5.69 Å². The lowest BCUT2D eigenvalue weighted by Crippen LogP contribution is -2.16. The highest BCUT2D eigenvalue weighted by atomic mass is 35.5. The molecule has 1 heterocycles. The predicted molar refractivity (Wildman–Crippen MR) is 127 cm³/mol. The number of hydrogen-bond donors (Lipinski definition) is 1. The average Bonchev–Trinajstić information content (AvgIpc) is 3.19. The molecule has 1 aromatic heterocycles. The van der Waals surface area contributed by atoms with E-state index in [1.165, 1.54) is 11.8 Å². The van der Waals surface area contributed by atoms with E-state index in [1.54, 1.807) is 0 Å². The molecule has 0 aliphatic rings. The fraction of sp³-hybridized carbons (Fsp3) is 0.125. The summed E-state index contributed by atoms with van der Waals surface area (Å²) in [6.45, 7) is 3.97. The van der Waals surface area contributed by atoms with Crippen molar-refractivity contribution in [1.82, 2.24) is 14.8 Å². The van der Waals surface area contributed by atoms with Crippen molar-refractivity contribution in [3.05, 3.63) is 88.9 Å². The van der Waals surface area contributed by atoms with Crippen LogP contribution in [-0.2, 0) is 4.79 Å². The van der Waals surface area contributed by atoms with Crippen molar-refractivity contribution in [1.29, 1.82) is 0 Å². The Kier molecular flexibility index (Phi) is 6.39. The molecule has 0 radical (unpaired) electrons. The first-order chi connectivity index (χ1) is 15.0. The topological polar surface area (TPSA) is 59.8 Å². The molecule has 0 saturated carbocycles. The van der Waals surface area contributed by atoms with E-state index < -0.39 is 0 Å². The smallest absolute Gasteiger partial charge is 0.234 e. The maximum Gasteiger partial charge on any atom is 0.234 e. The summed E-state index contributed by atoms with van der Waals surface area (Å²) in [7, 11) is 0. The standard InChI is InChI=1S/C24H21ClN4OS/c1-16-9-8-10-17(2)22(16)26-21(30)15-31-24-28-27-23(19-13-6-7-14-20(19)25)29(24)18-11-4-3-5-12-18/h3-14H,15H2,1-2H3,(H,26,30). The number of nitrogens with zero attached hydrogens (tertiary/aromatic N) is 3. The molecule has 5 nitrogen and oxygen atoms in total. The number of amides is 1. The number of halogens is 1. The number of rotatable bonds is 6. The van der Waals surface area contributed by atoms with E-state index in [2.05, 4.69) is 15.5 Å². The van der Waals surface area contributed by atoms with Crippen molar-refractivity contribution in [3.8, 4) is 17.1 Å². The minimum Gasteiger partial charge on any atom is -0.325 e. The third-order valence-electron chi connectivity index (χ3n) is 4.84. The third-order valence-corrected chi connectivity index (χ3v) is 6.10. The molecule has 0 aliphatic heterocycles. The number of para-hydroxylation sites is 2. The summed E-state index contributed by atoms with van der Waals surface area (Å²) >= 11 is 7.76. The van der Waals surface area contributed by atoms with Gasteiger partial charge in [-0.15, -0.1) is 10.2 Å². The van der Waals surface area contributed by atoms with E-state index in [9.17, 15) is 4.79 Å². The molecule has 0 spiro atoms. The molecule has 31 heavy (non-hydrogen) atoms. The highest BCUT2D eigenvalue weighted by molar-refractivity contribution is 7.99. The second-order valence-electron chi connectivity index (χ2n) is 7.06. The van der Waals surface area contributed by atoms with Crippen molar-refractivity contribution in [2.45, 2.75) is 19.0 Å². The number of carbonyl (C=O) groups is 1. The number of carbonyl (C=O) groups excluding carboxylic acids is 1. The molecule has 0 fully saturated rings. The van der Waals surface area contributed by atoms with Gasteiger partial charge in [0.2, 0.25) is 5.91 Å². The van der Waals surface area contributed by atoms with Gasteiger partial charge >= 0.3 is 0 Å². The van der Waals surface area contributed by atoms with Gasteiger partial charge in [0.25, 0.3) is 0 Å². The summed E-state index contributed by atoms with van der Waals surface area (Å²) in [6, 6.07) is 23.3. The normalized spacial score (nSPS) is 10.8. The Labute approximate surface area is 190 Å². The van der Waals surface area contributed by atoms with Gasteiger partial charge in [0.05, 0.1) is 10.8 Å². The fourth-order valence-corrected chi connectivity index (χ4v) is 4.28. The van der Waals surface area contributed by atoms with Crippen molar-refractivity contribution >= 4 is 35.0 Å². The molecule has 4 aromatic rings. The van der Waals surface area contributed by atoms with Crippen LogP contribution in [0.15, 0.2) is 78.0 Å². The van der Waals surface area contributed by atoms with Crippen LogP contribution in [-0.4, -0.2) is 26.4 Å². The highest BCUT2D eigenvalue weighted by Crippen LogP contribution is 2.32. The number of hydrogen-bond acceptors (Lipinski definition) is 4. The minimum atomic E-state index is -0.0932. The number of thioether (sulfide) groups is 1. The van der Waals surface area contributed by atoms with Crippen LogP contribution in [0, 0.1) is 13.8 Å². The number of aryl methyl sites for hydroxylation is 2. The Hall–Kier alpha value is -3.09. The van der Waals surface area contributed by atoms with Crippen LogP contribution in [0.3, 0.4) is 0 Å². The van der Waals surface area contributed by atoms with E-state index >= 15 is 0 Å². The molecule has 0 aliphatic carbocycles.